The van der Waals surface area contributed by atoms with Gasteiger partial charge in [0.25, 0.3) is 0 Å². The van der Waals surface area contributed by atoms with E-state index in [1.165, 1.54) is 19.3 Å². The SMILES string of the molecule is CC.CC(F)(F)C(=O)OCC1CCC2CC1C2. The van der Waals surface area contributed by atoms with Gasteiger partial charge in [0.05, 0.1) is 6.61 Å². The van der Waals surface area contributed by atoms with E-state index in [1.54, 1.807) is 0 Å². The highest BCUT2D eigenvalue weighted by Gasteiger charge is 2.41. The number of hydrogen-bond acceptors (Lipinski definition) is 2. The van der Waals surface area contributed by atoms with Gasteiger partial charge in [0.2, 0.25) is 0 Å². The predicted molar refractivity (Wildman–Crippen MR) is 61.9 cm³/mol. The zero-order valence-electron chi connectivity index (χ0n) is 10.8. The van der Waals surface area contributed by atoms with E-state index < -0.39 is 11.9 Å². The van der Waals surface area contributed by atoms with Crippen molar-refractivity contribution in [2.75, 3.05) is 6.61 Å². The molecule has 1 atom stereocenters. The number of halogens is 2. The molecule has 0 N–H and O–H groups in total. The lowest BCUT2D eigenvalue weighted by molar-refractivity contribution is -0.172. The maximum atomic E-state index is 12.5. The van der Waals surface area contributed by atoms with Gasteiger partial charge in [-0.2, -0.15) is 8.78 Å². The number of hydrogen-bond donors (Lipinski definition) is 0. The first-order chi connectivity index (χ1) is 7.97. The molecule has 1 unspecified atom stereocenters. The fourth-order valence-corrected chi connectivity index (χ4v) is 2.62. The summed E-state index contributed by atoms with van der Waals surface area (Å²) in [5.74, 6) is -2.95. The Kier molecular flexibility index (Phi) is 4.90. The molecule has 0 aliphatic heterocycles. The van der Waals surface area contributed by atoms with Crippen molar-refractivity contribution in [3.05, 3.63) is 0 Å². The molecular formula is C13H22F2O2. The number of fused-ring (bicyclic) bond motifs is 2. The molecule has 3 rings (SSSR count). The largest absolute Gasteiger partial charge is 0.461 e. The standard InChI is InChI=1S/C11H16F2O2.C2H6/c1-11(12,13)10(14)15-6-8-3-2-7-4-9(8)5-7;1-2/h7-9H,2-6H2,1H3;1-2H3. The summed E-state index contributed by atoms with van der Waals surface area (Å²) in [7, 11) is 0. The van der Waals surface area contributed by atoms with Crippen LogP contribution in [0.3, 0.4) is 0 Å². The molecule has 0 spiro atoms. The van der Waals surface area contributed by atoms with Crippen LogP contribution in [-0.2, 0) is 9.53 Å². The van der Waals surface area contributed by atoms with Crippen LogP contribution in [0.5, 0.6) is 0 Å². The molecule has 17 heavy (non-hydrogen) atoms. The molecule has 3 fully saturated rings. The molecule has 3 aliphatic carbocycles. The lowest BCUT2D eigenvalue weighted by Crippen LogP contribution is -2.39. The molecular weight excluding hydrogens is 226 g/mol. The Morgan fingerprint density at radius 2 is 1.88 bits per heavy atom. The molecule has 100 valence electrons. The van der Waals surface area contributed by atoms with Crippen molar-refractivity contribution in [1.29, 1.82) is 0 Å². The summed E-state index contributed by atoms with van der Waals surface area (Å²) in [5, 5.41) is 0. The number of esters is 1. The van der Waals surface area contributed by atoms with Crippen LogP contribution in [0, 0.1) is 17.8 Å². The minimum Gasteiger partial charge on any atom is -0.461 e. The van der Waals surface area contributed by atoms with E-state index in [9.17, 15) is 13.6 Å². The third-order valence-corrected chi connectivity index (χ3v) is 3.67. The minimum absolute atomic E-state index is 0.180. The van der Waals surface area contributed by atoms with Crippen LogP contribution in [0.2, 0.25) is 0 Å². The first kappa shape index (κ1) is 14.4. The minimum atomic E-state index is -3.35. The molecule has 0 amide bonds. The van der Waals surface area contributed by atoms with Gasteiger partial charge in [-0.15, -0.1) is 0 Å². The molecule has 0 aromatic heterocycles. The van der Waals surface area contributed by atoms with Crippen molar-refractivity contribution in [2.45, 2.75) is 52.4 Å². The van der Waals surface area contributed by atoms with Gasteiger partial charge < -0.3 is 4.74 Å². The summed E-state index contributed by atoms with van der Waals surface area (Å²) in [6.07, 6.45) is 4.59. The van der Waals surface area contributed by atoms with Gasteiger partial charge in [-0.1, -0.05) is 20.3 Å². The average molecular weight is 248 g/mol. The molecule has 0 aromatic rings. The van der Waals surface area contributed by atoms with Crippen LogP contribution in [0.25, 0.3) is 0 Å². The molecule has 4 heteroatoms. The molecule has 0 radical (unpaired) electrons. The Labute approximate surface area is 102 Å². The van der Waals surface area contributed by atoms with Crippen molar-refractivity contribution in [2.24, 2.45) is 17.8 Å². The van der Waals surface area contributed by atoms with E-state index in [-0.39, 0.29) is 6.61 Å². The predicted octanol–water partition coefficient (Wildman–Crippen LogP) is 3.65. The summed E-state index contributed by atoms with van der Waals surface area (Å²) in [4.78, 5) is 10.9. The van der Waals surface area contributed by atoms with E-state index in [4.69, 9.17) is 0 Å². The molecule has 3 saturated carbocycles. The van der Waals surface area contributed by atoms with Crippen LogP contribution in [0.15, 0.2) is 0 Å². The van der Waals surface area contributed by atoms with Gasteiger partial charge in [0.1, 0.15) is 0 Å². The van der Waals surface area contributed by atoms with E-state index >= 15 is 0 Å². The molecule has 0 heterocycles. The fraction of sp³-hybridized carbons (Fsp3) is 0.923. The second-order valence-electron chi connectivity index (χ2n) is 4.92. The number of alkyl halides is 2. The molecule has 0 saturated heterocycles. The Morgan fingerprint density at radius 1 is 1.29 bits per heavy atom. The van der Waals surface area contributed by atoms with Gasteiger partial charge >= 0.3 is 11.9 Å². The number of carbonyl (C=O) groups is 1. The normalized spacial score (nSPS) is 30.8. The number of ether oxygens (including phenoxy) is 1. The summed E-state index contributed by atoms with van der Waals surface area (Å²) in [5.41, 5.74) is 0. The van der Waals surface area contributed by atoms with Gasteiger partial charge in [-0.05, 0) is 37.0 Å². The smallest absolute Gasteiger partial charge is 0.376 e. The lowest BCUT2D eigenvalue weighted by atomic mass is 9.60. The number of rotatable bonds is 3. The second-order valence-corrected chi connectivity index (χ2v) is 4.92. The maximum Gasteiger partial charge on any atom is 0.376 e. The Morgan fingerprint density at radius 3 is 2.29 bits per heavy atom. The Balaban J connectivity index is 0.000000686. The van der Waals surface area contributed by atoms with Crippen molar-refractivity contribution in [1.82, 2.24) is 0 Å². The zero-order valence-corrected chi connectivity index (χ0v) is 10.8. The first-order valence-corrected chi connectivity index (χ1v) is 6.52. The molecule has 2 nitrogen and oxygen atoms in total. The maximum absolute atomic E-state index is 12.5. The van der Waals surface area contributed by atoms with E-state index in [2.05, 4.69) is 4.74 Å². The van der Waals surface area contributed by atoms with Gasteiger partial charge in [0, 0.05) is 6.92 Å². The summed E-state index contributed by atoms with van der Waals surface area (Å²) in [6, 6.07) is 0. The summed E-state index contributed by atoms with van der Waals surface area (Å²) in [6.45, 7) is 4.76. The van der Waals surface area contributed by atoms with Crippen LogP contribution in [-0.4, -0.2) is 18.5 Å². The van der Waals surface area contributed by atoms with Crippen molar-refractivity contribution >= 4 is 5.97 Å². The third-order valence-electron chi connectivity index (χ3n) is 3.67. The van der Waals surface area contributed by atoms with E-state index in [0.717, 1.165) is 12.3 Å². The number of carbonyl (C=O) groups excluding carboxylic acids is 1. The van der Waals surface area contributed by atoms with Crippen molar-refractivity contribution in [3.63, 3.8) is 0 Å². The second kappa shape index (κ2) is 5.78. The highest BCUT2D eigenvalue weighted by molar-refractivity contribution is 5.76. The van der Waals surface area contributed by atoms with Crippen molar-refractivity contribution in [3.8, 4) is 0 Å². The third kappa shape index (κ3) is 3.65. The Hall–Kier alpha value is -0.670. The first-order valence-electron chi connectivity index (χ1n) is 6.52. The zero-order chi connectivity index (χ0) is 13.1. The quantitative estimate of drug-likeness (QED) is 0.713. The van der Waals surface area contributed by atoms with Gasteiger partial charge in [-0.3, -0.25) is 0 Å². The molecule has 2 bridgehead atoms. The summed E-state index contributed by atoms with van der Waals surface area (Å²) < 4.78 is 29.7. The monoisotopic (exact) mass is 248 g/mol. The van der Waals surface area contributed by atoms with Gasteiger partial charge in [-0.25, -0.2) is 4.79 Å². The topological polar surface area (TPSA) is 26.3 Å². The highest BCUT2D eigenvalue weighted by Crippen LogP contribution is 2.48. The Bertz CT molecular complexity index is 252. The van der Waals surface area contributed by atoms with Crippen LogP contribution < -0.4 is 0 Å². The average Bonchev–Trinajstić information content (AvgIpc) is 2.26. The van der Waals surface area contributed by atoms with E-state index in [1.807, 2.05) is 13.8 Å². The van der Waals surface area contributed by atoms with E-state index in [0.29, 0.717) is 18.8 Å². The van der Waals surface area contributed by atoms with Crippen LogP contribution in [0.1, 0.15) is 46.5 Å². The summed E-state index contributed by atoms with van der Waals surface area (Å²) >= 11 is 0. The molecule has 0 aromatic carbocycles. The van der Waals surface area contributed by atoms with Crippen LogP contribution >= 0.6 is 0 Å². The van der Waals surface area contributed by atoms with Crippen LogP contribution in [0.4, 0.5) is 8.78 Å². The van der Waals surface area contributed by atoms with Gasteiger partial charge in [0.15, 0.2) is 0 Å². The highest BCUT2D eigenvalue weighted by atomic mass is 19.3. The molecule has 3 aliphatic rings. The fourth-order valence-electron chi connectivity index (χ4n) is 2.62. The lowest BCUT2D eigenvalue weighted by Gasteiger charge is -2.46. The van der Waals surface area contributed by atoms with Crippen molar-refractivity contribution < 1.29 is 18.3 Å².